The van der Waals surface area contributed by atoms with Crippen molar-refractivity contribution in [1.82, 2.24) is 0 Å². The summed E-state index contributed by atoms with van der Waals surface area (Å²) in [5.74, 6) is 0. The second-order valence-corrected chi connectivity index (χ2v) is 3.85. The maximum absolute atomic E-state index is 10.9. The van der Waals surface area contributed by atoms with Crippen LogP contribution in [0.15, 0.2) is 10.8 Å². The van der Waals surface area contributed by atoms with Crippen LogP contribution in [-0.4, -0.2) is 10.8 Å². The smallest absolute Gasteiger partial charge is 0.265 e. The number of carbonyl (C=O) groups is 1. The van der Waals surface area contributed by atoms with E-state index < -0.39 is 10.8 Å². The molecule has 0 bridgehead atoms. The number of hydrogen-bond donors (Lipinski definition) is 0. The molecule has 0 N–H and O–H groups in total. The summed E-state index contributed by atoms with van der Waals surface area (Å²) in [6.45, 7) is 3.53. The molecule has 0 aliphatic carbocycles. The van der Waals surface area contributed by atoms with E-state index in [2.05, 4.69) is 0 Å². The molecule has 2 nitrogen and oxygen atoms in total. The fraction of sp³-hybridized carbons (Fsp3) is 0.625. The van der Waals surface area contributed by atoms with E-state index in [0.717, 1.165) is 12.0 Å². The first kappa shape index (κ1) is 9.87. The SMILES string of the molecule is CC1=C(Cl)OC(C)(C(=O)Cl)CC1. The molecule has 0 saturated heterocycles. The molecular weight excluding hydrogens is 199 g/mol. The third-order valence-corrected chi connectivity index (χ3v) is 2.84. The van der Waals surface area contributed by atoms with Crippen LogP contribution in [0.1, 0.15) is 26.7 Å². The molecule has 1 heterocycles. The van der Waals surface area contributed by atoms with Crippen LogP contribution in [0.5, 0.6) is 0 Å². The molecule has 0 amide bonds. The highest BCUT2D eigenvalue weighted by Gasteiger charge is 2.37. The summed E-state index contributed by atoms with van der Waals surface area (Å²) in [4.78, 5) is 10.9. The van der Waals surface area contributed by atoms with Crippen LogP contribution < -0.4 is 0 Å². The predicted molar refractivity (Wildman–Crippen MR) is 48.1 cm³/mol. The number of rotatable bonds is 1. The van der Waals surface area contributed by atoms with E-state index in [0.29, 0.717) is 11.6 Å². The lowest BCUT2D eigenvalue weighted by molar-refractivity contribution is -0.130. The van der Waals surface area contributed by atoms with Gasteiger partial charge in [0.1, 0.15) is 0 Å². The van der Waals surface area contributed by atoms with E-state index in [-0.39, 0.29) is 0 Å². The summed E-state index contributed by atoms with van der Waals surface area (Å²) in [5, 5.41) is -0.189. The molecule has 0 radical (unpaired) electrons. The first-order valence-electron chi connectivity index (χ1n) is 3.70. The van der Waals surface area contributed by atoms with E-state index in [4.69, 9.17) is 27.9 Å². The Labute approximate surface area is 81.5 Å². The van der Waals surface area contributed by atoms with Crippen molar-refractivity contribution in [2.24, 2.45) is 0 Å². The first-order chi connectivity index (χ1) is 5.46. The molecule has 68 valence electrons. The third kappa shape index (κ3) is 1.75. The van der Waals surface area contributed by atoms with Gasteiger partial charge in [0.05, 0.1) is 0 Å². The number of carbonyl (C=O) groups excluding carboxylic acids is 1. The highest BCUT2D eigenvalue weighted by Crippen LogP contribution is 2.34. The second kappa shape index (κ2) is 3.27. The van der Waals surface area contributed by atoms with Gasteiger partial charge in [-0.2, -0.15) is 0 Å². The zero-order valence-electron chi connectivity index (χ0n) is 6.99. The highest BCUT2D eigenvalue weighted by atomic mass is 35.5. The van der Waals surface area contributed by atoms with Gasteiger partial charge in [-0.3, -0.25) is 4.79 Å². The van der Waals surface area contributed by atoms with Gasteiger partial charge in [0.15, 0.2) is 10.8 Å². The Balaban J connectivity index is 2.84. The summed E-state index contributed by atoms with van der Waals surface area (Å²) in [7, 11) is 0. The Hall–Kier alpha value is -0.210. The molecule has 1 aliphatic heterocycles. The topological polar surface area (TPSA) is 26.3 Å². The average molecular weight is 209 g/mol. The summed E-state index contributed by atoms with van der Waals surface area (Å²) in [5.41, 5.74) is 0.0325. The molecule has 0 spiro atoms. The Morgan fingerprint density at radius 2 is 2.25 bits per heavy atom. The van der Waals surface area contributed by atoms with Gasteiger partial charge in [0.25, 0.3) is 5.24 Å². The molecule has 1 unspecified atom stereocenters. The molecule has 1 aliphatic rings. The van der Waals surface area contributed by atoms with Crippen LogP contribution in [0, 0.1) is 0 Å². The van der Waals surface area contributed by atoms with Gasteiger partial charge < -0.3 is 4.74 Å². The number of allylic oxidation sites excluding steroid dienone is 1. The Bertz CT molecular complexity index is 247. The van der Waals surface area contributed by atoms with E-state index in [1.165, 1.54) is 0 Å². The first-order valence-corrected chi connectivity index (χ1v) is 4.45. The summed E-state index contributed by atoms with van der Waals surface area (Å²) in [6.07, 6.45) is 1.35. The molecule has 0 fully saturated rings. The molecule has 1 rings (SSSR count). The molecule has 0 saturated carbocycles. The lowest BCUT2D eigenvalue weighted by atomic mass is 9.96. The van der Waals surface area contributed by atoms with Crippen LogP contribution in [0.3, 0.4) is 0 Å². The van der Waals surface area contributed by atoms with Crippen molar-refractivity contribution < 1.29 is 9.53 Å². The molecular formula is C8H10Cl2O2. The van der Waals surface area contributed by atoms with Crippen LogP contribution in [0.25, 0.3) is 0 Å². The van der Waals surface area contributed by atoms with E-state index >= 15 is 0 Å². The Kier molecular flexibility index (Phi) is 2.69. The minimum Gasteiger partial charge on any atom is -0.468 e. The van der Waals surface area contributed by atoms with Crippen molar-refractivity contribution in [2.45, 2.75) is 32.3 Å². The van der Waals surface area contributed by atoms with Crippen LogP contribution >= 0.6 is 23.2 Å². The van der Waals surface area contributed by atoms with Crippen LogP contribution in [-0.2, 0) is 9.53 Å². The molecule has 0 aromatic carbocycles. The molecule has 1 atom stereocenters. The van der Waals surface area contributed by atoms with Crippen molar-refractivity contribution in [1.29, 1.82) is 0 Å². The lowest BCUT2D eigenvalue weighted by Crippen LogP contribution is -2.37. The standard InChI is InChI=1S/C8H10Cl2O2/c1-5-3-4-8(2,7(10)11)12-6(5)9/h3-4H2,1-2H3. The maximum atomic E-state index is 10.9. The Morgan fingerprint density at radius 1 is 1.67 bits per heavy atom. The summed E-state index contributed by atoms with van der Waals surface area (Å²) >= 11 is 11.1. The predicted octanol–water partition coefficient (Wildman–Crippen LogP) is 2.79. The van der Waals surface area contributed by atoms with Crippen molar-refractivity contribution in [2.75, 3.05) is 0 Å². The van der Waals surface area contributed by atoms with Crippen molar-refractivity contribution in [3.05, 3.63) is 10.8 Å². The highest BCUT2D eigenvalue weighted by molar-refractivity contribution is 6.65. The number of ether oxygens (including phenoxy) is 1. The number of hydrogen-bond acceptors (Lipinski definition) is 2. The normalized spacial score (nSPS) is 30.0. The van der Waals surface area contributed by atoms with Crippen molar-refractivity contribution >= 4 is 28.4 Å². The average Bonchev–Trinajstić information content (AvgIpc) is 1.97. The van der Waals surface area contributed by atoms with Gasteiger partial charge in [-0.1, -0.05) is 0 Å². The number of halogens is 2. The zero-order valence-corrected chi connectivity index (χ0v) is 8.50. The van der Waals surface area contributed by atoms with E-state index in [1.54, 1.807) is 6.92 Å². The minimum atomic E-state index is -0.932. The van der Waals surface area contributed by atoms with Crippen LogP contribution in [0.4, 0.5) is 0 Å². The lowest BCUT2D eigenvalue weighted by Gasteiger charge is -2.31. The largest absolute Gasteiger partial charge is 0.468 e. The van der Waals surface area contributed by atoms with Crippen LogP contribution in [0.2, 0.25) is 0 Å². The fourth-order valence-electron chi connectivity index (χ4n) is 0.999. The van der Waals surface area contributed by atoms with Gasteiger partial charge >= 0.3 is 0 Å². The Morgan fingerprint density at radius 3 is 2.67 bits per heavy atom. The van der Waals surface area contributed by atoms with Crippen molar-refractivity contribution in [3.63, 3.8) is 0 Å². The molecule has 4 heteroatoms. The van der Waals surface area contributed by atoms with Gasteiger partial charge in [-0.15, -0.1) is 0 Å². The molecule has 12 heavy (non-hydrogen) atoms. The zero-order chi connectivity index (χ0) is 9.35. The fourth-order valence-corrected chi connectivity index (χ4v) is 1.40. The van der Waals surface area contributed by atoms with E-state index in [9.17, 15) is 4.79 Å². The molecule has 0 aromatic heterocycles. The van der Waals surface area contributed by atoms with Gasteiger partial charge in [-0.05, 0) is 55.5 Å². The van der Waals surface area contributed by atoms with Gasteiger partial charge in [0, 0.05) is 0 Å². The quantitative estimate of drug-likeness (QED) is 0.620. The van der Waals surface area contributed by atoms with Gasteiger partial charge in [0.2, 0.25) is 0 Å². The third-order valence-electron chi connectivity index (χ3n) is 2.04. The van der Waals surface area contributed by atoms with E-state index in [1.807, 2.05) is 6.92 Å². The minimum absolute atomic E-state index is 0.303. The monoisotopic (exact) mass is 208 g/mol. The maximum Gasteiger partial charge on any atom is 0.265 e. The summed E-state index contributed by atoms with van der Waals surface area (Å²) < 4.78 is 5.21. The van der Waals surface area contributed by atoms with Crippen molar-refractivity contribution in [3.8, 4) is 0 Å². The molecule has 0 aromatic rings. The summed E-state index contributed by atoms with van der Waals surface area (Å²) in [6, 6.07) is 0. The second-order valence-electron chi connectivity index (χ2n) is 3.16. The van der Waals surface area contributed by atoms with Gasteiger partial charge in [-0.25, -0.2) is 0 Å².